The molecule has 1 fully saturated rings. The molecule has 1 N–H and O–H groups in total. The van der Waals surface area contributed by atoms with Crippen LogP contribution >= 0.6 is 27.3 Å². The smallest absolute Gasteiger partial charge is 0.263 e. The van der Waals surface area contributed by atoms with Crippen molar-refractivity contribution in [2.45, 2.75) is 37.8 Å². The van der Waals surface area contributed by atoms with Crippen LogP contribution in [0.4, 0.5) is 0 Å². The van der Waals surface area contributed by atoms with Crippen molar-refractivity contribution in [2.75, 3.05) is 7.05 Å². The first-order chi connectivity index (χ1) is 8.08. The van der Waals surface area contributed by atoms with Gasteiger partial charge in [-0.2, -0.15) is 0 Å². The summed E-state index contributed by atoms with van der Waals surface area (Å²) in [6, 6.07) is 2.13. The molecule has 1 aliphatic carbocycles. The van der Waals surface area contributed by atoms with Crippen molar-refractivity contribution in [3.63, 3.8) is 0 Å². The number of carbonyl (C=O) groups is 1. The van der Waals surface area contributed by atoms with Crippen molar-refractivity contribution in [2.24, 2.45) is 0 Å². The summed E-state index contributed by atoms with van der Waals surface area (Å²) in [5.74, 6) is 0.0853. The van der Waals surface area contributed by atoms with Gasteiger partial charge in [0.15, 0.2) is 0 Å². The van der Waals surface area contributed by atoms with E-state index in [4.69, 9.17) is 0 Å². The van der Waals surface area contributed by atoms with E-state index in [0.29, 0.717) is 0 Å². The Morgan fingerprint density at radius 3 is 2.65 bits per heavy atom. The molecule has 0 atom stereocenters. The maximum absolute atomic E-state index is 12.2. The number of aliphatic hydroxyl groups is 1. The molecular weight excluding hydrogens is 302 g/mol. The number of hydrogen-bond donors (Lipinski definition) is 1. The van der Waals surface area contributed by atoms with Gasteiger partial charge in [0, 0.05) is 22.9 Å². The van der Waals surface area contributed by atoms with Crippen LogP contribution in [-0.4, -0.2) is 35.1 Å². The van der Waals surface area contributed by atoms with Crippen LogP contribution in [0.3, 0.4) is 0 Å². The van der Waals surface area contributed by atoms with Crippen LogP contribution in [0, 0.1) is 0 Å². The predicted molar refractivity (Wildman–Crippen MR) is 72.4 cm³/mol. The van der Waals surface area contributed by atoms with Crippen LogP contribution in [-0.2, 0) is 0 Å². The van der Waals surface area contributed by atoms with E-state index in [1.165, 1.54) is 11.3 Å². The van der Waals surface area contributed by atoms with Crippen molar-refractivity contribution >= 4 is 33.2 Å². The monoisotopic (exact) mass is 317 g/mol. The average molecular weight is 318 g/mol. The Kier molecular flexibility index (Phi) is 4.22. The summed E-state index contributed by atoms with van der Waals surface area (Å²) in [6.45, 7) is 0. The van der Waals surface area contributed by atoms with Crippen LogP contribution in [0.2, 0.25) is 0 Å². The minimum absolute atomic E-state index is 0.0853. The molecule has 0 unspecified atom stereocenters. The van der Waals surface area contributed by atoms with Gasteiger partial charge in [-0.3, -0.25) is 4.79 Å². The standard InChI is InChI=1S/C12H16BrNO2S/c1-14(9-2-4-10(15)5-3-9)12(16)11-6-8(13)7-17-11/h6-7,9-10,15H,2-5H2,1H3. The first-order valence-corrected chi connectivity index (χ1v) is 7.44. The number of aliphatic hydroxyl groups excluding tert-OH is 1. The van der Waals surface area contributed by atoms with Gasteiger partial charge in [0.05, 0.1) is 11.0 Å². The number of rotatable bonds is 2. The molecule has 3 nitrogen and oxygen atoms in total. The normalized spacial score (nSPS) is 24.6. The molecule has 0 bridgehead atoms. The summed E-state index contributed by atoms with van der Waals surface area (Å²) in [5, 5.41) is 11.4. The molecule has 1 aromatic heterocycles. The van der Waals surface area contributed by atoms with Gasteiger partial charge in [-0.05, 0) is 47.7 Å². The molecule has 0 spiro atoms. The average Bonchev–Trinajstić information content (AvgIpc) is 2.75. The highest BCUT2D eigenvalue weighted by molar-refractivity contribution is 9.10. The summed E-state index contributed by atoms with van der Waals surface area (Å²) < 4.78 is 0.957. The van der Waals surface area contributed by atoms with E-state index in [9.17, 15) is 9.90 Å². The Labute approximate surface area is 114 Å². The van der Waals surface area contributed by atoms with Gasteiger partial charge in [0.25, 0.3) is 5.91 Å². The van der Waals surface area contributed by atoms with E-state index >= 15 is 0 Å². The lowest BCUT2D eigenvalue weighted by molar-refractivity contribution is 0.0573. The van der Waals surface area contributed by atoms with Crippen molar-refractivity contribution in [1.29, 1.82) is 0 Å². The fraction of sp³-hybridized carbons (Fsp3) is 0.583. The molecule has 0 radical (unpaired) electrons. The van der Waals surface area contributed by atoms with Crippen LogP contribution in [0.1, 0.15) is 35.4 Å². The van der Waals surface area contributed by atoms with Crippen molar-refractivity contribution in [3.05, 3.63) is 20.8 Å². The maximum Gasteiger partial charge on any atom is 0.263 e. The third kappa shape index (κ3) is 3.09. The second-order valence-corrected chi connectivity index (χ2v) is 6.33. The minimum atomic E-state index is -0.175. The summed E-state index contributed by atoms with van der Waals surface area (Å²) in [7, 11) is 1.86. The number of hydrogen-bond acceptors (Lipinski definition) is 3. The zero-order chi connectivity index (χ0) is 12.4. The van der Waals surface area contributed by atoms with Gasteiger partial charge in [0.2, 0.25) is 0 Å². The third-order valence-electron chi connectivity index (χ3n) is 3.31. The molecule has 2 rings (SSSR count). The lowest BCUT2D eigenvalue weighted by Crippen LogP contribution is -2.40. The van der Waals surface area contributed by atoms with Crippen LogP contribution in [0.15, 0.2) is 15.9 Å². The number of nitrogens with zero attached hydrogens (tertiary/aromatic N) is 1. The Morgan fingerprint density at radius 1 is 1.47 bits per heavy atom. The predicted octanol–water partition coefficient (Wildman–Crippen LogP) is 2.89. The fourth-order valence-electron chi connectivity index (χ4n) is 2.21. The molecule has 0 aliphatic heterocycles. The van der Waals surface area contributed by atoms with Crippen LogP contribution < -0.4 is 0 Å². The quantitative estimate of drug-likeness (QED) is 0.911. The second kappa shape index (κ2) is 5.50. The maximum atomic E-state index is 12.2. The minimum Gasteiger partial charge on any atom is -0.393 e. The molecular formula is C12H16BrNO2S. The van der Waals surface area contributed by atoms with E-state index in [-0.39, 0.29) is 18.1 Å². The van der Waals surface area contributed by atoms with Gasteiger partial charge < -0.3 is 10.0 Å². The molecule has 1 heterocycles. The van der Waals surface area contributed by atoms with E-state index in [1.54, 1.807) is 0 Å². The topological polar surface area (TPSA) is 40.5 Å². The van der Waals surface area contributed by atoms with Crippen LogP contribution in [0.5, 0.6) is 0 Å². The molecule has 5 heteroatoms. The van der Waals surface area contributed by atoms with Gasteiger partial charge >= 0.3 is 0 Å². The Balaban J connectivity index is 2.00. The molecule has 0 aromatic carbocycles. The number of carbonyl (C=O) groups excluding carboxylic acids is 1. The number of halogens is 1. The Hall–Kier alpha value is -0.390. The molecule has 94 valence electrons. The van der Waals surface area contributed by atoms with Gasteiger partial charge in [0.1, 0.15) is 0 Å². The Morgan fingerprint density at radius 2 is 2.12 bits per heavy atom. The highest BCUT2D eigenvalue weighted by atomic mass is 79.9. The zero-order valence-corrected chi connectivity index (χ0v) is 12.1. The first-order valence-electron chi connectivity index (χ1n) is 5.77. The summed E-state index contributed by atoms with van der Waals surface area (Å²) in [5.41, 5.74) is 0. The molecule has 1 aromatic rings. The highest BCUT2D eigenvalue weighted by Gasteiger charge is 2.26. The van der Waals surface area contributed by atoms with E-state index in [2.05, 4.69) is 15.9 Å². The largest absolute Gasteiger partial charge is 0.393 e. The van der Waals surface area contributed by atoms with Crippen molar-refractivity contribution < 1.29 is 9.90 Å². The van der Waals surface area contributed by atoms with Crippen molar-refractivity contribution in [3.8, 4) is 0 Å². The van der Waals surface area contributed by atoms with Gasteiger partial charge in [-0.1, -0.05) is 0 Å². The number of thiophene rings is 1. The van der Waals surface area contributed by atoms with Gasteiger partial charge in [-0.15, -0.1) is 11.3 Å². The first kappa shape index (κ1) is 13.1. The SMILES string of the molecule is CN(C(=O)c1cc(Br)cs1)C1CCC(O)CC1. The molecule has 0 saturated heterocycles. The van der Waals surface area contributed by atoms with Gasteiger partial charge in [-0.25, -0.2) is 0 Å². The molecule has 1 aliphatic rings. The highest BCUT2D eigenvalue weighted by Crippen LogP contribution is 2.26. The van der Waals surface area contributed by atoms with E-state index in [0.717, 1.165) is 35.0 Å². The van der Waals surface area contributed by atoms with Crippen molar-refractivity contribution in [1.82, 2.24) is 4.90 Å². The number of amides is 1. The summed E-state index contributed by atoms with van der Waals surface area (Å²) in [6.07, 6.45) is 3.23. The lowest BCUT2D eigenvalue weighted by atomic mass is 9.92. The van der Waals surface area contributed by atoms with E-state index in [1.807, 2.05) is 23.4 Å². The molecule has 17 heavy (non-hydrogen) atoms. The summed E-state index contributed by atoms with van der Waals surface area (Å²) >= 11 is 4.82. The third-order valence-corrected chi connectivity index (χ3v) is 4.99. The molecule has 1 amide bonds. The summed E-state index contributed by atoms with van der Waals surface area (Å²) in [4.78, 5) is 14.8. The lowest BCUT2D eigenvalue weighted by Gasteiger charge is -2.32. The second-order valence-electron chi connectivity index (χ2n) is 4.51. The zero-order valence-electron chi connectivity index (χ0n) is 9.73. The Bertz CT molecular complexity index is 399. The fourth-order valence-corrected chi connectivity index (χ4v) is 3.62. The molecule has 1 saturated carbocycles. The van der Waals surface area contributed by atoms with Crippen LogP contribution in [0.25, 0.3) is 0 Å². The van der Waals surface area contributed by atoms with E-state index < -0.39 is 0 Å².